The van der Waals surface area contributed by atoms with E-state index in [0.717, 1.165) is 18.4 Å². The van der Waals surface area contributed by atoms with E-state index >= 15 is 0 Å². The number of nitrogens with zero attached hydrogens (tertiary/aromatic N) is 1. The number of hydrogen-bond donors (Lipinski definition) is 3. The molecule has 1 fully saturated rings. The largest absolute Gasteiger partial charge is 0.496 e. The molecule has 3 rings (SSSR count). The molecule has 32 heavy (non-hydrogen) atoms. The van der Waals surface area contributed by atoms with Gasteiger partial charge in [-0.1, -0.05) is 0 Å². The van der Waals surface area contributed by atoms with Gasteiger partial charge in [0.05, 0.1) is 24.6 Å². The van der Waals surface area contributed by atoms with Crippen LogP contribution in [0.3, 0.4) is 0 Å². The summed E-state index contributed by atoms with van der Waals surface area (Å²) >= 11 is 0. The molecule has 7 nitrogen and oxygen atoms in total. The molecule has 1 saturated carbocycles. The van der Waals surface area contributed by atoms with Crippen molar-refractivity contribution in [2.45, 2.75) is 45.6 Å². The predicted molar refractivity (Wildman–Crippen MR) is 119 cm³/mol. The highest BCUT2D eigenvalue weighted by molar-refractivity contribution is 5.94. The number of pyridine rings is 1. The van der Waals surface area contributed by atoms with E-state index in [1.807, 2.05) is 13.8 Å². The first-order valence-electron chi connectivity index (χ1n) is 10.9. The van der Waals surface area contributed by atoms with Gasteiger partial charge in [0.25, 0.3) is 5.91 Å². The Morgan fingerprint density at radius 2 is 1.97 bits per heavy atom. The third-order valence-corrected chi connectivity index (χ3v) is 6.10. The van der Waals surface area contributed by atoms with Crippen LogP contribution in [0.2, 0.25) is 0 Å². The molecule has 8 heteroatoms. The van der Waals surface area contributed by atoms with Gasteiger partial charge in [0, 0.05) is 18.3 Å². The number of hydrogen-bond acceptors (Lipinski definition) is 5. The third-order valence-electron chi connectivity index (χ3n) is 6.10. The van der Waals surface area contributed by atoms with Crippen LogP contribution in [0.4, 0.5) is 10.2 Å². The Balaban J connectivity index is 1.58. The molecule has 0 saturated heterocycles. The van der Waals surface area contributed by atoms with Crippen LogP contribution >= 0.6 is 0 Å². The van der Waals surface area contributed by atoms with Crippen LogP contribution in [0.1, 0.15) is 60.1 Å². The van der Waals surface area contributed by atoms with Crippen molar-refractivity contribution in [2.75, 3.05) is 19.0 Å². The predicted octanol–water partition coefficient (Wildman–Crippen LogP) is 4.33. The zero-order valence-electron chi connectivity index (χ0n) is 18.7. The summed E-state index contributed by atoms with van der Waals surface area (Å²) in [6.07, 6.45) is 4.44. The minimum absolute atomic E-state index is 0.202. The Bertz CT molecular complexity index is 974. The molecule has 0 spiro atoms. The number of carboxylic acid groups (broad SMARTS) is 1. The quantitative estimate of drug-likeness (QED) is 0.561. The molecule has 1 aliphatic rings. The van der Waals surface area contributed by atoms with Crippen LogP contribution in [0, 0.1) is 24.6 Å². The summed E-state index contributed by atoms with van der Waals surface area (Å²) in [4.78, 5) is 28.0. The SMILES string of the molecule is COc1ccc(F)cc1[C@H](C)Nc1ncc(C(=O)NCC2CCC(C(=O)O)CC2)cc1C. The third kappa shape index (κ3) is 5.75. The first-order valence-corrected chi connectivity index (χ1v) is 10.9. The number of ether oxygens (including phenoxy) is 1. The number of anilines is 1. The van der Waals surface area contributed by atoms with Gasteiger partial charge in [0.1, 0.15) is 17.4 Å². The van der Waals surface area contributed by atoms with Gasteiger partial charge in [-0.2, -0.15) is 0 Å². The highest BCUT2D eigenvalue weighted by Crippen LogP contribution is 2.30. The topological polar surface area (TPSA) is 101 Å². The molecule has 0 aliphatic heterocycles. The zero-order chi connectivity index (χ0) is 23.3. The number of rotatable bonds is 8. The van der Waals surface area contributed by atoms with Crippen molar-refractivity contribution in [3.05, 3.63) is 53.0 Å². The number of carbonyl (C=O) groups is 2. The van der Waals surface area contributed by atoms with Crippen molar-refractivity contribution in [3.63, 3.8) is 0 Å². The van der Waals surface area contributed by atoms with Crippen LogP contribution in [0.25, 0.3) is 0 Å². The number of carboxylic acids is 1. The van der Waals surface area contributed by atoms with Gasteiger partial charge in [-0.3, -0.25) is 9.59 Å². The number of aryl methyl sites for hydroxylation is 1. The normalized spacial score (nSPS) is 19.1. The monoisotopic (exact) mass is 443 g/mol. The molecule has 1 aromatic carbocycles. The van der Waals surface area contributed by atoms with E-state index in [0.29, 0.717) is 48.0 Å². The Morgan fingerprint density at radius 1 is 1.25 bits per heavy atom. The Morgan fingerprint density at radius 3 is 2.59 bits per heavy atom. The highest BCUT2D eigenvalue weighted by atomic mass is 19.1. The number of amides is 1. The van der Waals surface area contributed by atoms with E-state index in [-0.39, 0.29) is 23.7 Å². The molecule has 1 heterocycles. The minimum Gasteiger partial charge on any atom is -0.496 e. The van der Waals surface area contributed by atoms with Crippen molar-refractivity contribution in [1.29, 1.82) is 0 Å². The summed E-state index contributed by atoms with van der Waals surface area (Å²) in [5.41, 5.74) is 1.93. The van der Waals surface area contributed by atoms with Crippen molar-refractivity contribution in [3.8, 4) is 5.75 Å². The van der Waals surface area contributed by atoms with Crippen LogP contribution in [-0.4, -0.2) is 35.6 Å². The molecular formula is C24H30FN3O4. The van der Waals surface area contributed by atoms with Crippen molar-refractivity contribution < 1.29 is 23.8 Å². The second-order valence-electron chi connectivity index (χ2n) is 8.41. The second-order valence-corrected chi connectivity index (χ2v) is 8.41. The van der Waals surface area contributed by atoms with Crippen LogP contribution in [-0.2, 0) is 4.79 Å². The molecule has 0 bridgehead atoms. The lowest BCUT2D eigenvalue weighted by atomic mass is 9.82. The standard InChI is InChI=1S/C24H30FN3O4/c1-14-10-18(23(29)27-12-16-4-6-17(7-5-16)24(30)31)13-26-22(14)28-15(2)20-11-19(25)8-9-21(20)32-3/h8-11,13,15-17H,4-7,12H2,1-3H3,(H,26,28)(H,27,29)(H,30,31)/t15-,16?,17?/m0/s1. The molecule has 1 aliphatic carbocycles. The average Bonchev–Trinajstić information content (AvgIpc) is 2.78. The second kappa shape index (κ2) is 10.4. The molecule has 2 aromatic rings. The molecule has 0 radical (unpaired) electrons. The maximum atomic E-state index is 13.7. The van der Waals surface area contributed by atoms with Crippen molar-refractivity contribution in [1.82, 2.24) is 10.3 Å². The fraction of sp³-hybridized carbons (Fsp3) is 0.458. The molecule has 172 valence electrons. The number of nitrogens with one attached hydrogen (secondary N) is 2. The van der Waals surface area contributed by atoms with Gasteiger partial charge in [0.15, 0.2) is 0 Å². The van der Waals surface area contributed by atoms with Gasteiger partial charge < -0.3 is 20.5 Å². The minimum atomic E-state index is -0.729. The van der Waals surface area contributed by atoms with E-state index < -0.39 is 5.97 Å². The summed E-state index contributed by atoms with van der Waals surface area (Å²) in [5, 5.41) is 15.3. The summed E-state index contributed by atoms with van der Waals surface area (Å²) in [6, 6.07) is 5.88. The van der Waals surface area contributed by atoms with E-state index in [1.54, 1.807) is 12.1 Å². The van der Waals surface area contributed by atoms with Crippen LogP contribution < -0.4 is 15.4 Å². The molecule has 0 unspecified atom stereocenters. The highest BCUT2D eigenvalue weighted by Gasteiger charge is 2.26. The summed E-state index contributed by atoms with van der Waals surface area (Å²) < 4.78 is 19.0. The first-order chi connectivity index (χ1) is 15.3. The zero-order valence-corrected chi connectivity index (χ0v) is 18.7. The van der Waals surface area contributed by atoms with Crippen LogP contribution in [0.15, 0.2) is 30.5 Å². The maximum Gasteiger partial charge on any atom is 0.306 e. The number of halogens is 1. The lowest BCUT2D eigenvalue weighted by Crippen LogP contribution is -2.32. The number of methoxy groups -OCH3 is 1. The Labute approximate surface area is 187 Å². The molecule has 1 aromatic heterocycles. The molecular weight excluding hydrogens is 413 g/mol. The first kappa shape index (κ1) is 23.5. The fourth-order valence-electron chi connectivity index (χ4n) is 4.13. The van der Waals surface area contributed by atoms with Gasteiger partial charge >= 0.3 is 5.97 Å². The lowest BCUT2D eigenvalue weighted by molar-refractivity contribution is -0.143. The van der Waals surface area contributed by atoms with Crippen molar-refractivity contribution >= 4 is 17.7 Å². The van der Waals surface area contributed by atoms with Gasteiger partial charge in [-0.25, -0.2) is 9.37 Å². The number of benzene rings is 1. The van der Waals surface area contributed by atoms with E-state index in [4.69, 9.17) is 9.84 Å². The van der Waals surface area contributed by atoms with Crippen molar-refractivity contribution in [2.24, 2.45) is 11.8 Å². The Hall–Kier alpha value is -3.16. The molecule has 1 amide bonds. The molecule has 3 N–H and O–H groups in total. The summed E-state index contributed by atoms with van der Waals surface area (Å²) in [7, 11) is 1.54. The average molecular weight is 444 g/mol. The van der Waals surface area contributed by atoms with E-state index in [9.17, 15) is 14.0 Å². The fourth-order valence-corrected chi connectivity index (χ4v) is 4.13. The summed E-state index contributed by atoms with van der Waals surface area (Å²) in [6.45, 7) is 4.27. The van der Waals surface area contributed by atoms with Crippen LogP contribution in [0.5, 0.6) is 5.75 Å². The number of carbonyl (C=O) groups excluding carboxylic acids is 1. The van der Waals surface area contributed by atoms with Gasteiger partial charge in [-0.05, 0) is 75.3 Å². The van der Waals surface area contributed by atoms with E-state index in [1.165, 1.54) is 25.4 Å². The Kier molecular flexibility index (Phi) is 7.66. The smallest absolute Gasteiger partial charge is 0.306 e. The van der Waals surface area contributed by atoms with E-state index in [2.05, 4.69) is 15.6 Å². The number of aliphatic carboxylic acids is 1. The maximum absolute atomic E-state index is 13.7. The van der Waals surface area contributed by atoms with Gasteiger partial charge in [-0.15, -0.1) is 0 Å². The lowest BCUT2D eigenvalue weighted by Gasteiger charge is -2.26. The molecule has 1 atom stereocenters. The van der Waals surface area contributed by atoms with Gasteiger partial charge in [0.2, 0.25) is 0 Å². The summed E-state index contributed by atoms with van der Waals surface area (Å²) in [5.74, 6) is -0.0529. The number of aromatic nitrogens is 1.